The van der Waals surface area contributed by atoms with Crippen molar-refractivity contribution in [2.75, 3.05) is 6.61 Å². The van der Waals surface area contributed by atoms with E-state index in [1.54, 1.807) is 0 Å². The molecule has 0 saturated carbocycles. The van der Waals surface area contributed by atoms with E-state index in [1.165, 1.54) is 10.9 Å². The summed E-state index contributed by atoms with van der Waals surface area (Å²) in [6, 6.07) is 8.14. The van der Waals surface area contributed by atoms with Gasteiger partial charge < -0.3 is 0 Å². The summed E-state index contributed by atoms with van der Waals surface area (Å²) in [6.45, 7) is 4.57. The molecule has 0 aliphatic heterocycles. The Balaban J connectivity index is 2.46. The van der Waals surface area contributed by atoms with Crippen LogP contribution in [0.4, 0.5) is 0 Å². The molecule has 0 amide bonds. The maximum absolute atomic E-state index is 4.98. The third-order valence-electron chi connectivity index (χ3n) is 1.47. The molecule has 1 aromatic carbocycles. The van der Waals surface area contributed by atoms with Gasteiger partial charge in [0.2, 0.25) is 0 Å². The van der Waals surface area contributed by atoms with Gasteiger partial charge in [-0.3, -0.25) is 0 Å². The Labute approximate surface area is 74.7 Å². The van der Waals surface area contributed by atoms with Crippen LogP contribution >= 0.6 is 8.81 Å². The van der Waals surface area contributed by atoms with Crippen molar-refractivity contribution in [1.29, 1.82) is 0 Å². The van der Waals surface area contributed by atoms with Crippen LogP contribution in [0.5, 0.6) is 0 Å². The van der Waals surface area contributed by atoms with Gasteiger partial charge in [-0.15, -0.1) is 0 Å². The van der Waals surface area contributed by atoms with E-state index in [0.717, 1.165) is 0 Å². The standard InChI is InChI=1S/C9H13O2P/c1-3-10-11-12-9-7-5-4-6-8(9)2/h4-7,12H,3H2,1-2H3. The van der Waals surface area contributed by atoms with E-state index >= 15 is 0 Å². The molecule has 0 aliphatic rings. The van der Waals surface area contributed by atoms with Crippen molar-refractivity contribution in [1.82, 2.24) is 0 Å². The SMILES string of the molecule is CCOOPc1ccccc1C. The van der Waals surface area contributed by atoms with Crippen molar-refractivity contribution in [3.05, 3.63) is 29.8 Å². The lowest BCUT2D eigenvalue weighted by molar-refractivity contribution is -0.189. The molecular weight excluding hydrogens is 171 g/mol. The first-order valence-electron chi connectivity index (χ1n) is 3.94. The predicted molar refractivity (Wildman–Crippen MR) is 51.8 cm³/mol. The fraction of sp³-hybridized carbons (Fsp3) is 0.333. The average Bonchev–Trinajstić information content (AvgIpc) is 2.09. The zero-order valence-corrected chi connectivity index (χ0v) is 8.33. The Hall–Kier alpha value is -0.430. The Morgan fingerprint density at radius 1 is 1.33 bits per heavy atom. The quantitative estimate of drug-likeness (QED) is 0.309. The Morgan fingerprint density at radius 3 is 2.75 bits per heavy atom. The zero-order chi connectivity index (χ0) is 8.81. The second-order valence-electron chi connectivity index (χ2n) is 2.41. The molecule has 1 unspecified atom stereocenters. The molecule has 0 saturated heterocycles. The Morgan fingerprint density at radius 2 is 2.08 bits per heavy atom. The van der Waals surface area contributed by atoms with E-state index in [4.69, 9.17) is 9.56 Å². The molecule has 2 nitrogen and oxygen atoms in total. The van der Waals surface area contributed by atoms with E-state index < -0.39 is 0 Å². The highest BCUT2D eigenvalue weighted by Crippen LogP contribution is 2.14. The Kier molecular flexibility index (Phi) is 4.23. The smallest absolute Gasteiger partial charge is 0.0881 e. The normalized spacial score (nSPS) is 11.2. The number of aryl methyl sites for hydroxylation is 1. The average molecular weight is 184 g/mol. The number of hydrogen-bond acceptors (Lipinski definition) is 2. The third-order valence-corrected chi connectivity index (χ3v) is 2.46. The third kappa shape index (κ3) is 2.90. The van der Waals surface area contributed by atoms with Crippen LogP contribution in [0.2, 0.25) is 0 Å². The molecule has 3 heteroatoms. The van der Waals surface area contributed by atoms with Crippen LogP contribution in [-0.4, -0.2) is 6.61 Å². The summed E-state index contributed by atoms with van der Waals surface area (Å²) < 4.78 is 4.98. The van der Waals surface area contributed by atoms with E-state index in [1.807, 2.05) is 25.1 Å². The minimum Gasteiger partial charge on any atom is -0.234 e. The molecule has 0 heterocycles. The van der Waals surface area contributed by atoms with Crippen LogP contribution in [0.15, 0.2) is 24.3 Å². The summed E-state index contributed by atoms with van der Waals surface area (Å²) in [5.74, 6) is 0. The van der Waals surface area contributed by atoms with Gasteiger partial charge in [-0.05, 0) is 19.4 Å². The highest BCUT2D eigenvalue weighted by atomic mass is 31.1. The van der Waals surface area contributed by atoms with Gasteiger partial charge in [0.25, 0.3) is 0 Å². The maximum Gasteiger partial charge on any atom is 0.0881 e. The molecule has 0 aromatic heterocycles. The highest BCUT2D eigenvalue weighted by Gasteiger charge is 1.96. The Bertz CT molecular complexity index is 238. The molecule has 1 rings (SSSR count). The van der Waals surface area contributed by atoms with Crippen molar-refractivity contribution in [3.8, 4) is 0 Å². The van der Waals surface area contributed by atoms with Crippen molar-refractivity contribution >= 4 is 14.1 Å². The molecule has 12 heavy (non-hydrogen) atoms. The largest absolute Gasteiger partial charge is 0.234 e. The zero-order valence-electron chi connectivity index (χ0n) is 7.33. The van der Waals surface area contributed by atoms with Crippen LogP contribution in [0.25, 0.3) is 0 Å². The van der Waals surface area contributed by atoms with Crippen molar-refractivity contribution in [2.45, 2.75) is 13.8 Å². The van der Waals surface area contributed by atoms with Crippen molar-refractivity contribution in [3.63, 3.8) is 0 Å². The molecule has 0 aliphatic carbocycles. The molecule has 0 radical (unpaired) electrons. The molecule has 0 bridgehead atoms. The van der Waals surface area contributed by atoms with Crippen LogP contribution in [0.3, 0.4) is 0 Å². The second-order valence-corrected chi connectivity index (χ2v) is 3.32. The fourth-order valence-electron chi connectivity index (χ4n) is 0.821. The van der Waals surface area contributed by atoms with Crippen molar-refractivity contribution in [2.24, 2.45) is 0 Å². The summed E-state index contributed by atoms with van der Waals surface area (Å²) in [5.41, 5.74) is 1.25. The predicted octanol–water partition coefficient (Wildman–Crippen LogP) is 2.18. The van der Waals surface area contributed by atoms with E-state index in [2.05, 4.69) is 13.0 Å². The monoisotopic (exact) mass is 184 g/mol. The summed E-state index contributed by atoms with van der Waals surface area (Å²) in [5, 5.41) is 1.20. The van der Waals surface area contributed by atoms with E-state index in [0.29, 0.717) is 6.61 Å². The van der Waals surface area contributed by atoms with Gasteiger partial charge in [-0.2, -0.15) is 0 Å². The highest BCUT2D eigenvalue weighted by molar-refractivity contribution is 7.41. The van der Waals surface area contributed by atoms with Crippen LogP contribution in [-0.2, 0) is 9.56 Å². The second kappa shape index (κ2) is 5.26. The lowest BCUT2D eigenvalue weighted by atomic mass is 10.2. The first kappa shape index (κ1) is 9.66. The molecule has 66 valence electrons. The first-order chi connectivity index (χ1) is 5.84. The maximum atomic E-state index is 4.98. The summed E-state index contributed by atoms with van der Waals surface area (Å²) >= 11 is 0. The summed E-state index contributed by atoms with van der Waals surface area (Å²) in [6.07, 6.45) is 0. The van der Waals surface area contributed by atoms with E-state index in [9.17, 15) is 0 Å². The summed E-state index contributed by atoms with van der Waals surface area (Å²) in [7, 11) is 0.288. The molecule has 0 N–H and O–H groups in total. The molecule has 1 atom stereocenters. The van der Waals surface area contributed by atoms with Crippen LogP contribution in [0.1, 0.15) is 12.5 Å². The van der Waals surface area contributed by atoms with Crippen molar-refractivity contribution < 1.29 is 9.56 Å². The fourth-order valence-corrected chi connectivity index (χ4v) is 1.50. The van der Waals surface area contributed by atoms with Gasteiger partial charge in [-0.25, -0.2) is 9.56 Å². The lowest BCUT2D eigenvalue weighted by Crippen LogP contribution is -1.99. The minimum atomic E-state index is 0.288. The molecule has 0 spiro atoms. The molecular formula is C9H13O2P. The van der Waals surface area contributed by atoms with E-state index in [-0.39, 0.29) is 8.81 Å². The van der Waals surface area contributed by atoms with Gasteiger partial charge in [0.15, 0.2) is 0 Å². The van der Waals surface area contributed by atoms with Crippen LogP contribution < -0.4 is 5.30 Å². The number of rotatable bonds is 4. The van der Waals surface area contributed by atoms with Crippen LogP contribution in [0, 0.1) is 6.92 Å². The topological polar surface area (TPSA) is 18.5 Å². The van der Waals surface area contributed by atoms with Gasteiger partial charge in [0.05, 0.1) is 15.4 Å². The molecule has 0 fully saturated rings. The lowest BCUT2D eigenvalue weighted by Gasteiger charge is -2.03. The number of benzene rings is 1. The van der Waals surface area contributed by atoms with Gasteiger partial charge in [0.1, 0.15) is 0 Å². The van der Waals surface area contributed by atoms with Gasteiger partial charge in [-0.1, -0.05) is 24.3 Å². The minimum absolute atomic E-state index is 0.288. The summed E-state index contributed by atoms with van der Waals surface area (Å²) in [4.78, 5) is 4.80. The number of hydrogen-bond donors (Lipinski definition) is 0. The van der Waals surface area contributed by atoms with Gasteiger partial charge in [0, 0.05) is 5.30 Å². The van der Waals surface area contributed by atoms with Gasteiger partial charge >= 0.3 is 0 Å². The molecule has 1 aromatic rings. The first-order valence-corrected chi connectivity index (χ1v) is 4.85.